The van der Waals surface area contributed by atoms with E-state index in [-0.39, 0.29) is 36.2 Å². The van der Waals surface area contributed by atoms with E-state index in [1.807, 2.05) is 21.6 Å². The third kappa shape index (κ3) is 11.0. The summed E-state index contributed by atoms with van der Waals surface area (Å²) in [5.41, 5.74) is 0. The first-order chi connectivity index (χ1) is 18.8. The van der Waals surface area contributed by atoms with E-state index in [0.717, 1.165) is 82.4 Å². The summed E-state index contributed by atoms with van der Waals surface area (Å²) in [6, 6.07) is 0. The van der Waals surface area contributed by atoms with E-state index in [1.54, 1.807) is 7.11 Å². The molecule has 2 bridgehead atoms. The monoisotopic (exact) mass is 588 g/mol. The van der Waals surface area contributed by atoms with E-state index < -0.39 is 6.10 Å². The van der Waals surface area contributed by atoms with Crippen molar-refractivity contribution in [3.05, 3.63) is 0 Å². The fourth-order valence-corrected chi connectivity index (χ4v) is 9.26. The van der Waals surface area contributed by atoms with Crippen LogP contribution in [0.3, 0.4) is 0 Å². The van der Waals surface area contributed by atoms with Crippen LogP contribution in [0.15, 0.2) is 0 Å². The predicted octanol–water partition coefficient (Wildman–Crippen LogP) is 4.89. The number of ether oxygens (including phenoxy) is 3. The Labute approximate surface area is 243 Å². The molecule has 226 valence electrons. The number of nitrogens with one attached hydrogen (secondary N) is 2. The molecule has 10 heteroatoms. The van der Waals surface area contributed by atoms with E-state index in [1.165, 1.54) is 13.8 Å². The Morgan fingerprint density at radius 2 is 1.72 bits per heavy atom. The van der Waals surface area contributed by atoms with Gasteiger partial charge < -0.3 is 24.6 Å². The quantitative estimate of drug-likeness (QED) is 0.166. The van der Waals surface area contributed by atoms with Crippen LogP contribution in [0.2, 0.25) is 0 Å². The lowest BCUT2D eigenvalue weighted by Gasteiger charge is -2.46. The topological polar surface area (TPSA) is 106 Å². The molecule has 3 N–H and O–H groups in total. The molecule has 0 amide bonds. The highest BCUT2D eigenvalue weighted by Crippen LogP contribution is 2.46. The maximum absolute atomic E-state index is 12.0. The van der Waals surface area contributed by atoms with Crippen LogP contribution < -0.4 is 10.6 Å². The molecule has 0 radical (unpaired) electrons. The van der Waals surface area contributed by atoms with Crippen LogP contribution in [0.1, 0.15) is 91.4 Å². The van der Waals surface area contributed by atoms with Gasteiger partial charge in [0.15, 0.2) is 0 Å². The summed E-state index contributed by atoms with van der Waals surface area (Å²) in [5.74, 6) is 2.84. The number of aliphatic hydroxyl groups excluding tert-OH is 1. The summed E-state index contributed by atoms with van der Waals surface area (Å²) in [6.07, 6.45) is 9.35. The minimum absolute atomic E-state index is 0.176. The van der Waals surface area contributed by atoms with E-state index in [4.69, 9.17) is 14.2 Å². The molecular weight excluding hydrogens is 536 g/mol. The van der Waals surface area contributed by atoms with E-state index in [2.05, 4.69) is 17.6 Å². The molecule has 9 unspecified atom stereocenters. The Balaban J connectivity index is 1.73. The van der Waals surface area contributed by atoms with Crippen LogP contribution in [0.4, 0.5) is 0 Å². The van der Waals surface area contributed by atoms with Crippen molar-refractivity contribution in [1.82, 2.24) is 10.6 Å². The van der Waals surface area contributed by atoms with Crippen molar-refractivity contribution in [2.45, 2.75) is 122 Å². The van der Waals surface area contributed by atoms with Crippen LogP contribution in [0.5, 0.6) is 0 Å². The third-order valence-electron chi connectivity index (χ3n) is 8.84. The highest BCUT2D eigenvalue weighted by Gasteiger charge is 2.45. The number of hydrogen-bond acceptors (Lipinski definition) is 10. The van der Waals surface area contributed by atoms with Gasteiger partial charge >= 0.3 is 11.9 Å². The van der Waals surface area contributed by atoms with E-state index in [0.29, 0.717) is 30.3 Å². The summed E-state index contributed by atoms with van der Waals surface area (Å²) in [6.45, 7) is 6.07. The van der Waals surface area contributed by atoms with Gasteiger partial charge in [0, 0.05) is 33.1 Å². The number of rotatable bonds is 12. The largest absolute Gasteiger partial charge is 0.462 e. The Bertz CT molecular complexity index is 747. The van der Waals surface area contributed by atoms with Gasteiger partial charge in [0.1, 0.15) is 12.2 Å². The molecule has 2 aliphatic heterocycles. The number of aliphatic hydroxyl groups is 1. The van der Waals surface area contributed by atoms with Gasteiger partial charge in [-0.15, -0.1) is 0 Å². The van der Waals surface area contributed by atoms with Crippen molar-refractivity contribution in [3.63, 3.8) is 0 Å². The lowest BCUT2D eigenvalue weighted by Crippen LogP contribution is -2.51. The fourth-order valence-electron chi connectivity index (χ4n) is 6.92. The molecule has 2 saturated heterocycles. The zero-order valence-electron chi connectivity index (χ0n) is 24.4. The van der Waals surface area contributed by atoms with Crippen molar-refractivity contribution < 1.29 is 28.9 Å². The van der Waals surface area contributed by atoms with Gasteiger partial charge in [-0.05, 0) is 81.6 Å². The zero-order valence-corrected chi connectivity index (χ0v) is 26.0. The molecule has 0 spiro atoms. The molecule has 3 aliphatic rings. The van der Waals surface area contributed by atoms with Crippen LogP contribution in [0, 0.1) is 23.7 Å². The van der Waals surface area contributed by atoms with E-state index >= 15 is 0 Å². The van der Waals surface area contributed by atoms with Gasteiger partial charge in [-0.2, -0.15) is 0 Å². The lowest BCUT2D eigenvalue weighted by molar-refractivity contribution is -0.153. The Kier molecular flexibility index (Phi) is 14.8. The molecule has 3 rings (SSSR count). The predicted molar refractivity (Wildman–Crippen MR) is 158 cm³/mol. The summed E-state index contributed by atoms with van der Waals surface area (Å²) < 4.78 is 17.3. The number of carbonyl (C=O) groups is 2. The van der Waals surface area contributed by atoms with Crippen molar-refractivity contribution >= 4 is 33.5 Å². The zero-order chi connectivity index (χ0) is 28.2. The number of fused-ring (bicyclic) bond motifs is 3. The molecule has 1 aliphatic carbocycles. The highest BCUT2D eigenvalue weighted by atomic mass is 33.1. The van der Waals surface area contributed by atoms with Crippen molar-refractivity contribution in [3.8, 4) is 0 Å². The Hall–Kier alpha value is -0.520. The SMILES string of the molecule is CCCCCC(CC(CCC1CC(OC)C(O)C2CC3CCNC(C3)NCSSCC12)OC(C)=O)OC(C)=O. The van der Waals surface area contributed by atoms with Crippen molar-refractivity contribution in [2.75, 3.05) is 25.3 Å². The van der Waals surface area contributed by atoms with Crippen LogP contribution in [0.25, 0.3) is 0 Å². The van der Waals surface area contributed by atoms with Gasteiger partial charge in [-0.25, -0.2) is 0 Å². The van der Waals surface area contributed by atoms with Gasteiger partial charge in [0.25, 0.3) is 0 Å². The lowest BCUT2D eigenvalue weighted by atomic mass is 9.65. The second kappa shape index (κ2) is 17.4. The molecule has 0 aromatic carbocycles. The van der Waals surface area contributed by atoms with Crippen LogP contribution in [-0.4, -0.2) is 72.9 Å². The first-order valence-electron chi connectivity index (χ1n) is 15.1. The van der Waals surface area contributed by atoms with Gasteiger partial charge in [0.2, 0.25) is 0 Å². The maximum Gasteiger partial charge on any atom is 0.302 e. The number of hydrogen-bond donors (Lipinski definition) is 3. The Morgan fingerprint density at radius 1 is 0.974 bits per heavy atom. The molecule has 1 saturated carbocycles. The smallest absolute Gasteiger partial charge is 0.302 e. The van der Waals surface area contributed by atoms with Crippen molar-refractivity contribution in [1.29, 1.82) is 0 Å². The molecule has 9 atom stereocenters. The third-order valence-corrected chi connectivity index (χ3v) is 11.1. The first-order valence-corrected chi connectivity index (χ1v) is 17.6. The standard InChI is InChI=1S/C29H52N2O6S2/c1-5-6-7-8-23(36-19(2)32)16-24(37-20(3)33)10-9-22-15-27(35-4)29(34)25-13-21-11-12-30-28(14-21)31-18-39-38-17-26(22)25/h21-31,34H,5-18H2,1-4H3. The number of methoxy groups -OCH3 is 1. The highest BCUT2D eigenvalue weighted by molar-refractivity contribution is 8.76. The maximum atomic E-state index is 12.0. The number of carbonyl (C=O) groups excluding carboxylic acids is 2. The Morgan fingerprint density at radius 3 is 2.41 bits per heavy atom. The molecule has 0 aromatic rings. The van der Waals surface area contributed by atoms with Gasteiger partial charge in [0.05, 0.1) is 24.3 Å². The minimum atomic E-state index is -0.458. The molecule has 39 heavy (non-hydrogen) atoms. The molecule has 0 aromatic heterocycles. The van der Waals surface area contributed by atoms with E-state index in [9.17, 15) is 14.7 Å². The summed E-state index contributed by atoms with van der Waals surface area (Å²) in [5, 5.41) is 18.7. The normalized spacial score (nSPS) is 33.2. The number of esters is 2. The molecule has 3 fully saturated rings. The number of unbranched alkanes of at least 4 members (excludes halogenated alkanes) is 2. The second-order valence-electron chi connectivity index (χ2n) is 11.7. The minimum Gasteiger partial charge on any atom is -0.462 e. The van der Waals surface area contributed by atoms with Crippen LogP contribution in [-0.2, 0) is 23.8 Å². The first kappa shape index (κ1) is 33.0. The van der Waals surface area contributed by atoms with Crippen molar-refractivity contribution in [2.24, 2.45) is 23.7 Å². The van der Waals surface area contributed by atoms with Gasteiger partial charge in [-0.1, -0.05) is 41.4 Å². The molecule has 2 heterocycles. The number of piperidine rings is 1. The molecule has 8 nitrogen and oxygen atoms in total. The summed E-state index contributed by atoms with van der Waals surface area (Å²) in [4.78, 5) is 23.8. The molecular formula is C29H52N2O6S2. The average molecular weight is 589 g/mol. The van der Waals surface area contributed by atoms with Crippen LogP contribution >= 0.6 is 21.6 Å². The summed E-state index contributed by atoms with van der Waals surface area (Å²) in [7, 11) is 5.48. The second-order valence-corrected chi connectivity index (χ2v) is 14.3. The summed E-state index contributed by atoms with van der Waals surface area (Å²) >= 11 is 0. The fraction of sp³-hybridized carbons (Fsp3) is 0.931. The van der Waals surface area contributed by atoms with Gasteiger partial charge in [-0.3, -0.25) is 14.9 Å². The average Bonchev–Trinajstić information content (AvgIpc) is 2.91.